The SMILES string of the molecule is CCC(=O)NCCCCCCCc1ccc(OC)cc1. The van der Waals surface area contributed by atoms with Gasteiger partial charge in [-0.05, 0) is 37.0 Å². The third-order valence-corrected chi connectivity index (χ3v) is 3.44. The van der Waals surface area contributed by atoms with E-state index in [-0.39, 0.29) is 5.91 Å². The minimum absolute atomic E-state index is 0.157. The van der Waals surface area contributed by atoms with Crippen molar-refractivity contribution in [2.75, 3.05) is 13.7 Å². The van der Waals surface area contributed by atoms with E-state index in [1.54, 1.807) is 7.11 Å². The zero-order valence-electron chi connectivity index (χ0n) is 12.8. The number of aryl methyl sites for hydroxylation is 1. The first-order valence-corrected chi connectivity index (χ1v) is 7.66. The second-order valence-corrected chi connectivity index (χ2v) is 5.07. The fraction of sp³-hybridized carbons (Fsp3) is 0.588. The number of methoxy groups -OCH3 is 1. The molecule has 1 aromatic carbocycles. The number of benzene rings is 1. The maximum absolute atomic E-state index is 11.0. The number of hydrogen-bond acceptors (Lipinski definition) is 2. The lowest BCUT2D eigenvalue weighted by molar-refractivity contribution is -0.120. The topological polar surface area (TPSA) is 38.3 Å². The van der Waals surface area contributed by atoms with Crippen LogP contribution in [0, 0.1) is 0 Å². The first kappa shape index (κ1) is 16.5. The molecule has 1 N–H and O–H groups in total. The van der Waals surface area contributed by atoms with Crippen LogP contribution in [0.15, 0.2) is 24.3 Å². The molecule has 1 aromatic rings. The van der Waals surface area contributed by atoms with Gasteiger partial charge in [0.05, 0.1) is 7.11 Å². The van der Waals surface area contributed by atoms with Gasteiger partial charge in [0.1, 0.15) is 5.75 Å². The lowest BCUT2D eigenvalue weighted by Gasteiger charge is -2.05. The molecular formula is C17H27NO2. The van der Waals surface area contributed by atoms with Crippen LogP contribution < -0.4 is 10.1 Å². The molecule has 0 aliphatic carbocycles. The molecule has 0 atom stereocenters. The molecular weight excluding hydrogens is 250 g/mol. The van der Waals surface area contributed by atoms with Crippen molar-refractivity contribution in [3.63, 3.8) is 0 Å². The number of unbranched alkanes of at least 4 members (excludes halogenated alkanes) is 4. The molecule has 0 bridgehead atoms. The summed E-state index contributed by atoms with van der Waals surface area (Å²) in [6, 6.07) is 8.32. The average Bonchev–Trinajstić information content (AvgIpc) is 2.50. The molecule has 0 fully saturated rings. The Labute approximate surface area is 122 Å². The third-order valence-electron chi connectivity index (χ3n) is 3.44. The van der Waals surface area contributed by atoms with E-state index in [4.69, 9.17) is 4.74 Å². The molecule has 0 aliphatic rings. The summed E-state index contributed by atoms with van der Waals surface area (Å²) in [4.78, 5) is 11.0. The Hall–Kier alpha value is -1.51. The number of hydrogen-bond donors (Lipinski definition) is 1. The van der Waals surface area contributed by atoms with Crippen molar-refractivity contribution in [1.29, 1.82) is 0 Å². The molecule has 3 heteroatoms. The predicted molar refractivity (Wildman–Crippen MR) is 83.1 cm³/mol. The van der Waals surface area contributed by atoms with E-state index in [0.29, 0.717) is 6.42 Å². The highest BCUT2D eigenvalue weighted by atomic mass is 16.5. The summed E-state index contributed by atoms with van der Waals surface area (Å²) >= 11 is 0. The minimum atomic E-state index is 0.157. The van der Waals surface area contributed by atoms with Gasteiger partial charge in [-0.15, -0.1) is 0 Å². The van der Waals surface area contributed by atoms with Gasteiger partial charge in [-0.25, -0.2) is 0 Å². The maximum Gasteiger partial charge on any atom is 0.219 e. The summed E-state index contributed by atoms with van der Waals surface area (Å²) in [6.07, 6.45) is 7.75. The fourth-order valence-electron chi connectivity index (χ4n) is 2.13. The Bertz CT molecular complexity index is 373. The van der Waals surface area contributed by atoms with Crippen molar-refractivity contribution in [2.24, 2.45) is 0 Å². The molecule has 0 radical (unpaired) electrons. The monoisotopic (exact) mass is 277 g/mol. The smallest absolute Gasteiger partial charge is 0.219 e. The van der Waals surface area contributed by atoms with Crippen LogP contribution in [-0.4, -0.2) is 19.6 Å². The standard InChI is InChI=1S/C17H27NO2/c1-3-17(19)18-14-8-6-4-5-7-9-15-10-12-16(20-2)13-11-15/h10-13H,3-9,14H2,1-2H3,(H,18,19). The summed E-state index contributed by atoms with van der Waals surface area (Å²) in [5.74, 6) is 1.08. The lowest BCUT2D eigenvalue weighted by atomic mass is 10.1. The van der Waals surface area contributed by atoms with Crippen molar-refractivity contribution < 1.29 is 9.53 Å². The second kappa shape index (κ2) is 10.3. The molecule has 0 aliphatic heterocycles. The van der Waals surface area contributed by atoms with Gasteiger partial charge in [0.2, 0.25) is 5.91 Å². The van der Waals surface area contributed by atoms with Crippen LogP contribution in [-0.2, 0) is 11.2 Å². The van der Waals surface area contributed by atoms with Gasteiger partial charge in [0, 0.05) is 13.0 Å². The second-order valence-electron chi connectivity index (χ2n) is 5.07. The molecule has 1 amide bonds. The van der Waals surface area contributed by atoms with Crippen LogP contribution >= 0.6 is 0 Å². The number of nitrogens with one attached hydrogen (secondary N) is 1. The summed E-state index contributed by atoms with van der Waals surface area (Å²) in [7, 11) is 1.69. The number of carbonyl (C=O) groups excluding carboxylic acids is 1. The molecule has 0 saturated carbocycles. The summed E-state index contributed by atoms with van der Waals surface area (Å²) in [5, 5.41) is 2.91. The lowest BCUT2D eigenvalue weighted by Crippen LogP contribution is -2.23. The molecule has 0 aromatic heterocycles. The quantitative estimate of drug-likeness (QED) is 0.662. The molecule has 0 unspecified atom stereocenters. The van der Waals surface area contributed by atoms with Gasteiger partial charge in [-0.3, -0.25) is 4.79 Å². The zero-order valence-corrected chi connectivity index (χ0v) is 12.8. The predicted octanol–water partition coefficient (Wildman–Crippen LogP) is 3.71. The summed E-state index contributed by atoms with van der Waals surface area (Å²) in [6.45, 7) is 2.71. The van der Waals surface area contributed by atoms with E-state index in [9.17, 15) is 4.79 Å². The van der Waals surface area contributed by atoms with Gasteiger partial charge in [-0.2, -0.15) is 0 Å². The van der Waals surface area contributed by atoms with Crippen molar-refractivity contribution in [1.82, 2.24) is 5.32 Å². The zero-order chi connectivity index (χ0) is 14.6. The average molecular weight is 277 g/mol. The van der Waals surface area contributed by atoms with Crippen molar-refractivity contribution >= 4 is 5.91 Å². The van der Waals surface area contributed by atoms with Crippen LogP contribution in [0.3, 0.4) is 0 Å². The van der Waals surface area contributed by atoms with Gasteiger partial charge in [0.15, 0.2) is 0 Å². The van der Waals surface area contributed by atoms with Gasteiger partial charge in [-0.1, -0.05) is 38.3 Å². The largest absolute Gasteiger partial charge is 0.497 e. The van der Waals surface area contributed by atoms with Gasteiger partial charge in [0.25, 0.3) is 0 Å². The molecule has 0 heterocycles. The molecule has 112 valence electrons. The van der Waals surface area contributed by atoms with Gasteiger partial charge >= 0.3 is 0 Å². The van der Waals surface area contributed by atoms with E-state index in [0.717, 1.165) is 25.1 Å². The van der Waals surface area contributed by atoms with E-state index in [2.05, 4.69) is 17.4 Å². The van der Waals surface area contributed by atoms with E-state index in [1.807, 2.05) is 19.1 Å². The number of rotatable bonds is 10. The van der Waals surface area contributed by atoms with Crippen LogP contribution in [0.2, 0.25) is 0 Å². The van der Waals surface area contributed by atoms with E-state index < -0.39 is 0 Å². The summed E-state index contributed by atoms with van der Waals surface area (Å²) in [5.41, 5.74) is 1.38. The van der Waals surface area contributed by atoms with Gasteiger partial charge < -0.3 is 10.1 Å². The van der Waals surface area contributed by atoms with Crippen LogP contribution in [0.25, 0.3) is 0 Å². The van der Waals surface area contributed by atoms with E-state index in [1.165, 1.54) is 31.2 Å². The Balaban J connectivity index is 1.97. The van der Waals surface area contributed by atoms with Crippen molar-refractivity contribution in [3.05, 3.63) is 29.8 Å². The van der Waals surface area contributed by atoms with Crippen LogP contribution in [0.1, 0.15) is 51.0 Å². The van der Waals surface area contributed by atoms with Crippen molar-refractivity contribution in [3.8, 4) is 5.75 Å². The van der Waals surface area contributed by atoms with Crippen LogP contribution in [0.4, 0.5) is 0 Å². The van der Waals surface area contributed by atoms with Crippen molar-refractivity contribution in [2.45, 2.75) is 51.9 Å². The maximum atomic E-state index is 11.0. The normalized spacial score (nSPS) is 10.3. The molecule has 20 heavy (non-hydrogen) atoms. The Morgan fingerprint density at radius 1 is 1.05 bits per heavy atom. The molecule has 3 nitrogen and oxygen atoms in total. The summed E-state index contributed by atoms with van der Waals surface area (Å²) < 4.78 is 5.14. The molecule has 0 spiro atoms. The molecule has 0 saturated heterocycles. The minimum Gasteiger partial charge on any atom is -0.497 e. The number of carbonyl (C=O) groups is 1. The highest BCUT2D eigenvalue weighted by Crippen LogP contribution is 2.14. The van der Waals surface area contributed by atoms with Crippen LogP contribution in [0.5, 0.6) is 5.75 Å². The third kappa shape index (κ3) is 7.17. The first-order valence-electron chi connectivity index (χ1n) is 7.66. The van der Waals surface area contributed by atoms with E-state index >= 15 is 0 Å². The Kier molecular flexibility index (Phi) is 8.52. The number of amides is 1. The number of ether oxygens (including phenoxy) is 1. The Morgan fingerprint density at radius 3 is 2.35 bits per heavy atom. The fourth-order valence-corrected chi connectivity index (χ4v) is 2.13. The Morgan fingerprint density at radius 2 is 1.70 bits per heavy atom. The molecule has 1 rings (SSSR count). The highest BCUT2D eigenvalue weighted by Gasteiger charge is 1.97. The first-order chi connectivity index (χ1) is 9.76. The highest BCUT2D eigenvalue weighted by molar-refractivity contribution is 5.75.